The van der Waals surface area contributed by atoms with E-state index in [9.17, 15) is 0 Å². The molecule has 0 fully saturated rings. The van der Waals surface area contributed by atoms with Gasteiger partial charge in [0.25, 0.3) is 0 Å². The van der Waals surface area contributed by atoms with Gasteiger partial charge < -0.3 is 10.1 Å². The van der Waals surface area contributed by atoms with Crippen LogP contribution in [0.3, 0.4) is 0 Å². The van der Waals surface area contributed by atoms with Gasteiger partial charge >= 0.3 is 0 Å². The lowest BCUT2D eigenvalue weighted by Crippen LogP contribution is -2.21. The number of aryl methyl sites for hydroxylation is 2. The summed E-state index contributed by atoms with van der Waals surface area (Å²) < 4.78 is 7.76. The van der Waals surface area contributed by atoms with E-state index < -0.39 is 0 Å². The van der Waals surface area contributed by atoms with E-state index in [-0.39, 0.29) is 0 Å². The lowest BCUT2D eigenvalue weighted by molar-refractivity contribution is 0.286. The fourth-order valence-corrected chi connectivity index (χ4v) is 2.98. The lowest BCUT2D eigenvalue weighted by atomic mass is 9.87. The Morgan fingerprint density at radius 1 is 1.43 bits per heavy atom. The van der Waals surface area contributed by atoms with Crippen molar-refractivity contribution in [1.82, 2.24) is 20.1 Å². The van der Waals surface area contributed by atoms with Crippen LogP contribution in [0.25, 0.3) is 0 Å². The maximum absolute atomic E-state index is 5.90. The minimum atomic E-state index is 0.441. The highest BCUT2D eigenvalue weighted by Gasteiger charge is 2.19. The predicted octanol–water partition coefficient (Wildman–Crippen LogP) is 2.47. The first kappa shape index (κ1) is 14.1. The highest BCUT2D eigenvalue weighted by atomic mass is 16.5. The summed E-state index contributed by atoms with van der Waals surface area (Å²) in [5, 5.41) is 7.55. The number of nitrogens with zero attached hydrogens (tertiary/aromatic N) is 3. The first-order valence-electron chi connectivity index (χ1n) is 7.61. The normalized spacial score (nSPS) is 17.5. The van der Waals surface area contributed by atoms with E-state index in [2.05, 4.69) is 40.5 Å². The van der Waals surface area contributed by atoms with E-state index in [1.165, 1.54) is 24.0 Å². The van der Waals surface area contributed by atoms with Crippen molar-refractivity contribution in [1.29, 1.82) is 0 Å². The molecular weight excluding hydrogens is 264 g/mol. The van der Waals surface area contributed by atoms with E-state index in [1.807, 2.05) is 11.7 Å². The molecule has 21 heavy (non-hydrogen) atoms. The van der Waals surface area contributed by atoms with Gasteiger partial charge in [0.2, 0.25) is 0 Å². The number of hydrogen-bond donors (Lipinski definition) is 1. The third-order valence-electron chi connectivity index (χ3n) is 4.14. The second-order valence-electron chi connectivity index (χ2n) is 5.37. The van der Waals surface area contributed by atoms with E-state index >= 15 is 0 Å². The van der Waals surface area contributed by atoms with Gasteiger partial charge in [-0.25, -0.2) is 9.67 Å². The largest absolute Gasteiger partial charge is 0.486 e. The van der Waals surface area contributed by atoms with Gasteiger partial charge in [-0.2, -0.15) is 5.10 Å². The summed E-state index contributed by atoms with van der Waals surface area (Å²) in [5.74, 6) is 1.77. The molecule has 2 aromatic rings. The van der Waals surface area contributed by atoms with Crippen molar-refractivity contribution in [2.75, 3.05) is 7.05 Å². The Morgan fingerprint density at radius 3 is 3.14 bits per heavy atom. The molecule has 1 aliphatic carbocycles. The molecule has 1 aliphatic rings. The Kier molecular flexibility index (Phi) is 4.20. The number of fused-ring (bicyclic) bond motifs is 1. The van der Waals surface area contributed by atoms with Gasteiger partial charge in [0.1, 0.15) is 18.7 Å². The molecular formula is C16H22N4O. The lowest BCUT2D eigenvalue weighted by Gasteiger charge is -2.25. The minimum Gasteiger partial charge on any atom is -0.486 e. The third kappa shape index (κ3) is 2.93. The molecule has 1 unspecified atom stereocenters. The van der Waals surface area contributed by atoms with Crippen LogP contribution in [-0.2, 0) is 19.6 Å². The van der Waals surface area contributed by atoms with E-state index in [0.717, 1.165) is 24.5 Å². The van der Waals surface area contributed by atoms with E-state index in [0.29, 0.717) is 12.6 Å². The molecule has 112 valence electrons. The first-order chi connectivity index (χ1) is 10.3. The summed E-state index contributed by atoms with van der Waals surface area (Å²) in [4.78, 5) is 4.24. The quantitative estimate of drug-likeness (QED) is 0.917. The number of benzene rings is 1. The first-order valence-corrected chi connectivity index (χ1v) is 7.61. The van der Waals surface area contributed by atoms with Gasteiger partial charge in [-0.1, -0.05) is 6.07 Å². The SMILES string of the molecule is CCn1ncnc1COc1ccc2c(c1)C(NC)CCC2. The Morgan fingerprint density at radius 2 is 2.33 bits per heavy atom. The number of ether oxygens (including phenoxy) is 1. The molecule has 0 saturated heterocycles. The molecule has 1 N–H and O–H groups in total. The molecule has 0 amide bonds. The predicted molar refractivity (Wildman–Crippen MR) is 81.2 cm³/mol. The molecule has 3 rings (SSSR count). The maximum atomic E-state index is 5.90. The molecule has 1 heterocycles. The Labute approximate surface area is 125 Å². The van der Waals surface area contributed by atoms with Crippen LogP contribution in [0.15, 0.2) is 24.5 Å². The molecule has 1 atom stereocenters. The monoisotopic (exact) mass is 286 g/mol. The van der Waals surface area contributed by atoms with Crippen LogP contribution in [0.5, 0.6) is 5.75 Å². The fourth-order valence-electron chi connectivity index (χ4n) is 2.98. The third-order valence-corrected chi connectivity index (χ3v) is 4.14. The number of nitrogens with one attached hydrogen (secondary N) is 1. The molecule has 0 spiro atoms. The van der Waals surface area contributed by atoms with Crippen LogP contribution < -0.4 is 10.1 Å². The smallest absolute Gasteiger partial charge is 0.164 e. The van der Waals surface area contributed by atoms with Gasteiger partial charge in [-0.3, -0.25) is 0 Å². The van der Waals surface area contributed by atoms with Crippen molar-refractivity contribution in [3.8, 4) is 5.75 Å². The van der Waals surface area contributed by atoms with Crippen LogP contribution in [0.2, 0.25) is 0 Å². The van der Waals surface area contributed by atoms with Gasteiger partial charge in [0, 0.05) is 12.6 Å². The molecule has 0 radical (unpaired) electrons. The van der Waals surface area contributed by atoms with Gasteiger partial charge in [-0.05, 0) is 56.5 Å². The van der Waals surface area contributed by atoms with Crippen LogP contribution in [-0.4, -0.2) is 21.8 Å². The average molecular weight is 286 g/mol. The van der Waals surface area contributed by atoms with E-state index in [1.54, 1.807) is 6.33 Å². The van der Waals surface area contributed by atoms with Gasteiger partial charge in [0.05, 0.1) is 0 Å². The number of hydrogen-bond acceptors (Lipinski definition) is 4. The maximum Gasteiger partial charge on any atom is 0.164 e. The molecule has 0 bridgehead atoms. The van der Waals surface area contributed by atoms with Crippen LogP contribution in [0, 0.1) is 0 Å². The number of aromatic nitrogens is 3. The highest BCUT2D eigenvalue weighted by molar-refractivity contribution is 5.39. The minimum absolute atomic E-state index is 0.441. The summed E-state index contributed by atoms with van der Waals surface area (Å²) >= 11 is 0. The summed E-state index contributed by atoms with van der Waals surface area (Å²) in [6.07, 6.45) is 5.18. The molecule has 5 nitrogen and oxygen atoms in total. The fraction of sp³-hybridized carbons (Fsp3) is 0.500. The summed E-state index contributed by atoms with van der Waals surface area (Å²) in [7, 11) is 2.02. The summed E-state index contributed by atoms with van der Waals surface area (Å²) in [6.45, 7) is 3.32. The highest BCUT2D eigenvalue weighted by Crippen LogP contribution is 2.32. The zero-order valence-electron chi connectivity index (χ0n) is 12.7. The second-order valence-corrected chi connectivity index (χ2v) is 5.37. The van der Waals surface area contributed by atoms with Crippen molar-refractivity contribution in [2.45, 2.75) is 45.4 Å². The zero-order valence-corrected chi connectivity index (χ0v) is 12.7. The Bertz CT molecular complexity index is 608. The van der Waals surface area contributed by atoms with Crippen molar-refractivity contribution in [2.24, 2.45) is 0 Å². The Hall–Kier alpha value is -1.88. The molecule has 1 aromatic heterocycles. The van der Waals surface area contributed by atoms with Crippen molar-refractivity contribution in [3.63, 3.8) is 0 Å². The molecule has 5 heteroatoms. The standard InChI is InChI=1S/C16H22N4O/c1-3-20-16(18-11-19-20)10-21-13-8-7-12-5-4-6-15(17-2)14(12)9-13/h7-9,11,15,17H,3-6,10H2,1-2H3. The van der Waals surface area contributed by atoms with Crippen LogP contribution >= 0.6 is 0 Å². The Balaban J connectivity index is 1.74. The topological polar surface area (TPSA) is 52.0 Å². The van der Waals surface area contributed by atoms with Crippen molar-refractivity contribution in [3.05, 3.63) is 41.5 Å². The summed E-state index contributed by atoms with van der Waals surface area (Å²) in [6, 6.07) is 6.86. The molecule has 0 aliphatic heterocycles. The second kappa shape index (κ2) is 6.26. The number of rotatable bonds is 5. The van der Waals surface area contributed by atoms with Gasteiger partial charge in [0.15, 0.2) is 5.82 Å². The van der Waals surface area contributed by atoms with Gasteiger partial charge in [-0.15, -0.1) is 0 Å². The molecule has 1 aromatic carbocycles. The molecule has 0 saturated carbocycles. The van der Waals surface area contributed by atoms with Crippen LogP contribution in [0.4, 0.5) is 0 Å². The van der Waals surface area contributed by atoms with E-state index in [4.69, 9.17) is 4.74 Å². The van der Waals surface area contributed by atoms with Crippen LogP contribution in [0.1, 0.15) is 42.8 Å². The zero-order chi connectivity index (χ0) is 14.7. The summed E-state index contributed by atoms with van der Waals surface area (Å²) in [5.41, 5.74) is 2.81. The van der Waals surface area contributed by atoms with Crippen molar-refractivity contribution < 1.29 is 4.74 Å². The average Bonchev–Trinajstić information content (AvgIpc) is 2.99. The van der Waals surface area contributed by atoms with Crippen molar-refractivity contribution >= 4 is 0 Å².